The van der Waals surface area contributed by atoms with E-state index in [1.54, 1.807) is 7.11 Å². The predicted molar refractivity (Wildman–Crippen MR) is 84.5 cm³/mol. The maximum absolute atomic E-state index is 5.73. The summed E-state index contributed by atoms with van der Waals surface area (Å²) in [6.07, 6.45) is 4.94. The van der Waals surface area contributed by atoms with Crippen LogP contribution in [0.1, 0.15) is 18.4 Å². The highest BCUT2D eigenvalue weighted by molar-refractivity contribution is 5.80. The molecular formula is C17H24N2O2. The van der Waals surface area contributed by atoms with Gasteiger partial charge in [0.2, 0.25) is 0 Å². The minimum Gasteiger partial charge on any atom is -0.383 e. The van der Waals surface area contributed by atoms with Gasteiger partial charge >= 0.3 is 0 Å². The number of nitrogens with one attached hydrogen (secondary N) is 1. The van der Waals surface area contributed by atoms with Crippen LogP contribution in [0.15, 0.2) is 30.5 Å². The molecule has 2 aromatic rings. The Morgan fingerprint density at radius 2 is 2.33 bits per heavy atom. The van der Waals surface area contributed by atoms with Gasteiger partial charge in [0.25, 0.3) is 0 Å². The predicted octanol–water partition coefficient (Wildman–Crippen LogP) is 2.56. The Morgan fingerprint density at radius 3 is 3.14 bits per heavy atom. The number of benzene rings is 1. The largest absolute Gasteiger partial charge is 0.383 e. The van der Waals surface area contributed by atoms with Crippen LogP contribution in [0, 0.1) is 0 Å². The van der Waals surface area contributed by atoms with Gasteiger partial charge in [-0.3, -0.25) is 0 Å². The van der Waals surface area contributed by atoms with E-state index in [0.717, 1.165) is 32.8 Å². The van der Waals surface area contributed by atoms with Crippen molar-refractivity contribution < 1.29 is 9.47 Å². The Kier molecular flexibility index (Phi) is 4.91. The van der Waals surface area contributed by atoms with Crippen LogP contribution in [-0.2, 0) is 22.6 Å². The van der Waals surface area contributed by atoms with Crippen LogP contribution in [0.4, 0.5) is 0 Å². The molecule has 1 aromatic carbocycles. The number of fused-ring (bicyclic) bond motifs is 1. The molecule has 1 aromatic heterocycles. The molecule has 0 aliphatic carbocycles. The number of methoxy groups -OCH3 is 1. The van der Waals surface area contributed by atoms with Gasteiger partial charge in [0.05, 0.1) is 12.7 Å². The summed E-state index contributed by atoms with van der Waals surface area (Å²) in [6, 6.07) is 8.88. The fourth-order valence-electron chi connectivity index (χ4n) is 2.93. The average molecular weight is 288 g/mol. The Balaban J connectivity index is 1.65. The minimum atomic E-state index is 0.385. The molecular weight excluding hydrogens is 264 g/mol. The summed E-state index contributed by atoms with van der Waals surface area (Å²) >= 11 is 0. The van der Waals surface area contributed by atoms with Crippen molar-refractivity contribution >= 4 is 10.9 Å². The smallest absolute Gasteiger partial charge is 0.0754 e. The van der Waals surface area contributed by atoms with Crippen molar-refractivity contribution in [2.75, 3.05) is 26.9 Å². The van der Waals surface area contributed by atoms with Crippen LogP contribution in [0.25, 0.3) is 10.9 Å². The highest BCUT2D eigenvalue weighted by Crippen LogP contribution is 2.21. The number of rotatable bonds is 7. The van der Waals surface area contributed by atoms with E-state index >= 15 is 0 Å². The molecule has 0 bridgehead atoms. The second-order valence-corrected chi connectivity index (χ2v) is 5.67. The molecule has 1 N–H and O–H groups in total. The number of hydrogen-bond donors (Lipinski definition) is 1. The zero-order valence-electron chi connectivity index (χ0n) is 12.7. The maximum Gasteiger partial charge on any atom is 0.0754 e. The normalized spacial score (nSPS) is 18.6. The van der Waals surface area contributed by atoms with Crippen LogP contribution < -0.4 is 5.32 Å². The topological polar surface area (TPSA) is 35.4 Å². The van der Waals surface area contributed by atoms with E-state index in [1.165, 1.54) is 29.3 Å². The molecule has 0 spiro atoms. The standard InChI is InChI=1S/C17H24N2O2/c1-20-10-7-18-12-14-4-5-17-15(11-14)6-8-19(17)13-16-3-2-9-21-16/h4-6,8,11,16,18H,2-3,7,9-10,12-13H2,1H3. The lowest BCUT2D eigenvalue weighted by molar-refractivity contribution is 0.0980. The van der Waals surface area contributed by atoms with E-state index in [2.05, 4.69) is 40.3 Å². The number of ether oxygens (including phenoxy) is 2. The van der Waals surface area contributed by atoms with Crippen molar-refractivity contribution in [3.63, 3.8) is 0 Å². The van der Waals surface area contributed by atoms with Crippen LogP contribution in [0.2, 0.25) is 0 Å². The van der Waals surface area contributed by atoms with Crippen LogP contribution in [0.5, 0.6) is 0 Å². The molecule has 1 saturated heterocycles. The van der Waals surface area contributed by atoms with Crippen molar-refractivity contribution in [3.8, 4) is 0 Å². The molecule has 0 saturated carbocycles. The number of aromatic nitrogens is 1. The second kappa shape index (κ2) is 7.07. The van der Waals surface area contributed by atoms with Crippen molar-refractivity contribution in [1.29, 1.82) is 0 Å². The van der Waals surface area contributed by atoms with Crippen LogP contribution >= 0.6 is 0 Å². The van der Waals surface area contributed by atoms with Gasteiger partial charge in [-0.1, -0.05) is 6.07 Å². The highest BCUT2D eigenvalue weighted by Gasteiger charge is 2.16. The van der Waals surface area contributed by atoms with Gasteiger partial charge in [-0.05, 0) is 42.0 Å². The lowest BCUT2D eigenvalue weighted by Crippen LogP contribution is -2.18. The quantitative estimate of drug-likeness (QED) is 0.795. The first kappa shape index (κ1) is 14.6. The lowest BCUT2D eigenvalue weighted by atomic mass is 10.1. The molecule has 1 aliphatic rings. The van der Waals surface area contributed by atoms with Gasteiger partial charge in [0, 0.05) is 45.1 Å². The Bertz CT molecular complexity index is 573. The molecule has 4 heteroatoms. The van der Waals surface area contributed by atoms with E-state index in [-0.39, 0.29) is 0 Å². The first-order valence-electron chi connectivity index (χ1n) is 7.76. The van der Waals surface area contributed by atoms with Crippen molar-refractivity contribution in [1.82, 2.24) is 9.88 Å². The van der Waals surface area contributed by atoms with E-state index in [4.69, 9.17) is 9.47 Å². The number of hydrogen-bond acceptors (Lipinski definition) is 3. The summed E-state index contributed by atoms with van der Waals surface area (Å²) in [5.74, 6) is 0. The molecule has 3 rings (SSSR count). The summed E-state index contributed by atoms with van der Waals surface area (Å²) in [4.78, 5) is 0. The monoisotopic (exact) mass is 288 g/mol. The van der Waals surface area contributed by atoms with Gasteiger partial charge < -0.3 is 19.4 Å². The third kappa shape index (κ3) is 3.64. The SMILES string of the molecule is COCCNCc1ccc2c(ccn2CC2CCCO2)c1. The zero-order valence-corrected chi connectivity index (χ0v) is 12.7. The van der Waals surface area contributed by atoms with Gasteiger partial charge in [-0.25, -0.2) is 0 Å². The fourth-order valence-corrected chi connectivity index (χ4v) is 2.93. The third-order valence-electron chi connectivity index (χ3n) is 4.07. The van der Waals surface area contributed by atoms with Crippen molar-refractivity contribution in [2.24, 2.45) is 0 Å². The highest BCUT2D eigenvalue weighted by atomic mass is 16.5. The first-order chi connectivity index (χ1) is 10.4. The van der Waals surface area contributed by atoms with Crippen LogP contribution in [-0.4, -0.2) is 37.5 Å². The van der Waals surface area contributed by atoms with Gasteiger partial charge in [-0.2, -0.15) is 0 Å². The Hall–Kier alpha value is -1.36. The Morgan fingerprint density at radius 1 is 1.38 bits per heavy atom. The molecule has 1 aliphatic heterocycles. The Labute approximate surface area is 126 Å². The fraction of sp³-hybridized carbons (Fsp3) is 0.529. The molecule has 21 heavy (non-hydrogen) atoms. The minimum absolute atomic E-state index is 0.385. The third-order valence-corrected chi connectivity index (χ3v) is 4.07. The molecule has 0 amide bonds. The maximum atomic E-state index is 5.73. The summed E-state index contributed by atoms with van der Waals surface area (Å²) in [5.41, 5.74) is 2.61. The zero-order chi connectivity index (χ0) is 14.5. The van der Waals surface area contributed by atoms with Crippen LogP contribution in [0.3, 0.4) is 0 Å². The summed E-state index contributed by atoms with van der Waals surface area (Å²) in [7, 11) is 1.73. The summed E-state index contributed by atoms with van der Waals surface area (Å²) in [6.45, 7) is 4.40. The molecule has 1 unspecified atom stereocenters. The van der Waals surface area contributed by atoms with Gasteiger partial charge in [-0.15, -0.1) is 0 Å². The molecule has 1 fully saturated rings. The van der Waals surface area contributed by atoms with E-state index in [9.17, 15) is 0 Å². The lowest BCUT2D eigenvalue weighted by Gasteiger charge is -2.12. The van der Waals surface area contributed by atoms with E-state index < -0.39 is 0 Å². The molecule has 114 valence electrons. The molecule has 2 heterocycles. The molecule has 0 radical (unpaired) electrons. The summed E-state index contributed by atoms with van der Waals surface area (Å²) < 4.78 is 13.1. The first-order valence-corrected chi connectivity index (χ1v) is 7.76. The van der Waals surface area contributed by atoms with E-state index in [1.807, 2.05) is 0 Å². The average Bonchev–Trinajstić information content (AvgIpc) is 3.14. The van der Waals surface area contributed by atoms with Gasteiger partial charge in [0.15, 0.2) is 0 Å². The van der Waals surface area contributed by atoms with Crippen molar-refractivity contribution in [3.05, 3.63) is 36.0 Å². The molecule has 4 nitrogen and oxygen atoms in total. The van der Waals surface area contributed by atoms with E-state index in [0.29, 0.717) is 6.10 Å². The van der Waals surface area contributed by atoms with Crippen molar-refractivity contribution in [2.45, 2.75) is 32.0 Å². The second-order valence-electron chi connectivity index (χ2n) is 5.67. The number of nitrogens with zero attached hydrogens (tertiary/aromatic N) is 1. The van der Waals surface area contributed by atoms with Gasteiger partial charge in [0.1, 0.15) is 0 Å². The summed E-state index contributed by atoms with van der Waals surface area (Å²) in [5, 5.41) is 4.69. The molecule has 1 atom stereocenters.